The quantitative estimate of drug-likeness (QED) is 0.685. The maximum Gasteiger partial charge on any atom is 0.489 e. The molecule has 1 amide bonds. The van der Waals surface area contributed by atoms with Gasteiger partial charge in [-0.3, -0.25) is 4.79 Å². The van der Waals surface area contributed by atoms with Gasteiger partial charge in [-0.15, -0.1) is 0 Å². The van der Waals surface area contributed by atoms with Crippen molar-refractivity contribution >= 4 is 18.5 Å². The Kier molecular flexibility index (Phi) is 4.93. The molecular formula is C15H16BNO3. The predicted octanol–water partition coefficient (Wildman–Crippen LogP) is 0.339. The maximum atomic E-state index is 12.0. The molecule has 0 radical (unpaired) electrons. The molecule has 0 fully saturated rings. The highest BCUT2D eigenvalue weighted by molar-refractivity contribution is 6.60. The topological polar surface area (TPSA) is 69.6 Å². The fraction of sp³-hybridized carbons (Fsp3) is 0.133. The van der Waals surface area contributed by atoms with Gasteiger partial charge in [0.15, 0.2) is 0 Å². The van der Waals surface area contributed by atoms with Crippen molar-refractivity contribution in [2.45, 2.75) is 6.42 Å². The number of rotatable bonds is 5. The van der Waals surface area contributed by atoms with Crippen molar-refractivity contribution in [1.29, 1.82) is 0 Å². The second-order valence-corrected chi connectivity index (χ2v) is 4.45. The molecule has 0 aliphatic rings. The number of benzene rings is 2. The number of nitrogens with one attached hydrogen (secondary N) is 1. The first-order valence-electron chi connectivity index (χ1n) is 6.45. The summed E-state index contributed by atoms with van der Waals surface area (Å²) in [4.78, 5) is 12.0. The van der Waals surface area contributed by atoms with Crippen molar-refractivity contribution in [1.82, 2.24) is 5.32 Å². The van der Waals surface area contributed by atoms with E-state index in [0.29, 0.717) is 6.54 Å². The van der Waals surface area contributed by atoms with Gasteiger partial charge in [-0.2, -0.15) is 0 Å². The lowest BCUT2D eigenvalue weighted by molar-refractivity contribution is 0.0955. The SMILES string of the molecule is O=C(NCCc1ccccc1)c1ccccc1B(O)O. The minimum Gasteiger partial charge on any atom is -0.423 e. The van der Waals surface area contributed by atoms with Crippen LogP contribution in [0.1, 0.15) is 15.9 Å². The van der Waals surface area contributed by atoms with Crippen LogP contribution in [0.15, 0.2) is 54.6 Å². The van der Waals surface area contributed by atoms with Crippen LogP contribution in [0.3, 0.4) is 0 Å². The van der Waals surface area contributed by atoms with E-state index in [-0.39, 0.29) is 16.9 Å². The summed E-state index contributed by atoms with van der Waals surface area (Å²) in [6.45, 7) is 0.499. The Balaban J connectivity index is 1.96. The minimum atomic E-state index is -1.65. The molecular weight excluding hydrogens is 253 g/mol. The van der Waals surface area contributed by atoms with Crippen molar-refractivity contribution in [2.24, 2.45) is 0 Å². The van der Waals surface area contributed by atoms with E-state index in [1.807, 2.05) is 30.3 Å². The first-order valence-corrected chi connectivity index (χ1v) is 6.45. The molecule has 0 saturated heterocycles. The zero-order valence-electron chi connectivity index (χ0n) is 11.0. The van der Waals surface area contributed by atoms with E-state index in [9.17, 15) is 14.8 Å². The van der Waals surface area contributed by atoms with Crippen LogP contribution >= 0.6 is 0 Å². The van der Waals surface area contributed by atoms with Gasteiger partial charge in [-0.05, 0) is 23.5 Å². The fourth-order valence-electron chi connectivity index (χ4n) is 1.99. The first kappa shape index (κ1) is 14.3. The molecule has 0 unspecified atom stereocenters. The molecule has 2 rings (SSSR count). The van der Waals surface area contributed by atoms with E-state index in [4.69, 9.17) is 0 Å². The summed E-state index contributed by atoms with van der Waals surface area (Å²) in [6.07, 6.45) is 0.733. The number of carbonyl (C=O) groups excluding carboxylic acids is 1. The van der Waals surface area contributed by atoms with E-state index < -0.39 is 7.12 Å². The summed E-state index contributed by atoms with van der Waals surface area (Å²) in [5.41, 5.74) is 1.64. The van der Waals surface area contributed by atoms with Gasteiger partial charge in [0, 0.05) is 12.1 Å². The minimum absolute atomic E-state index is 0.213. The third-order valence-corrected chi connectivity index (χ3v) is 3.03. The summed E-state index contributed by atoms with van der Waals surface area (Å²) < 4.78 is 0. The van der Waals surface area contributed by atoms with Crippen molar-refractivity contribution < 1.29 is 14.8 Å². The highest BCUT2D eigenvalue weighted by Gasteiger charge is 2.19. The normalized spacial score (nSPS) is 10.1. The molecule has 0 aliphatic heterocycles. The van der Waals surface area contributed by atoms with Gasteiger partial charge in [0.1, 0.15) is 0 Å². The maximum absolute atomic E-state index is 12.0. The lowest BCUT2D eigenvalue weighted by Gasteiger charge is -2.09. The highest BCUT2D eigenvalue weighted by atomic mass is 16.4. The molecule has 2 aromatic carbocycles. The molecule has 0 bridgehead atoms. The molecule has 3 N–H and O–H groups in total. The highest BCUT2D eigenvalue weighted by Crippen LogP contribution is 2.00. The van der Waals surface area contributed by atoms with E-state index in [1.54, 1.807) is 18.2 Å². The molecule has 4 nitrogen and oxygen atoms in total. The third-order valence-electron chi connectivity index (χ3n) is 3.03. The van der Waals surface area contributed by atoms with Gasteiger partial charge < -0.3 is 15.4 Å². The Morgan fingerprint density at radius 3 is 2.35 bits per heavy atom. The van der Waals surface area contributed by atoms with Crippen LogP contribution in [-0.2, 0) is 6.42 Å². The molecule has 0 spiro atoms. The molecule has 0 saturated carbocycles. The Bertz CT molecular complexity index is 572. The van der Waals surface area contributed by atoms with Gasteiger partial charge in [-0.25, -0.2) is 0 Å². The average molecular weight is 269 g/mol. The van der Waals surface area contributed by atoms with Crippen molar-refractivity contribution in [3.05, 3.63) is 65.7 Å². The Morgan fingerprint density at radius 2 is 1.65 bits per heavy atom. The predicted molar refractivity (Wildman–Crippen MR) is 78.7 cm³/mol. The van der Waals surface area contributed by atoms with Crippen molar-refractivity contribution in [3.63, 3.8) is 0 Å². The standard InChI is InChI=1S/C15H16BNO3/c18-15(13-8-4-5-9-14(13)16(19)20)17-11-10-12-6-2-1-3-7-12/h1-9,19-20H,10-11H2,(H,17,18). The van der Waals surface area contributed by atoms with E-state index >= 15 is 0 Å². The second kappa shape index (κ2) is 6.89. The zero-order chi connectivity index (χ0) is 14.4. The lowest BCUT2D eigenvalue weighted by atomic mass is 9.77. The number of carbonyl (C=O) groups is 1. The Labute approximate surface area is 118 Å². The van der Waals surface area contributed by atoms with Gasteiger partial charge in [0.05, 0.1) is 0 Å². The average Bonchev–Trinajstić information content (AvgIpc) is 2.48. The summed E-state index contributed by atoms with van der Waals surface area (Å²) in [5, 5.41) is 21.2. The molecule has 102 valence electrons. The van der Waals surface area contributed by atoms with Crippen LogP contribution < -0.4 is 10.8 Å². The molecule has 0 aromatic heterocycles. The summed E-state index contributed by atoms with van der Waals surface area (Å²) in [6, 6.07) is 16.3. The summed E-state index contributed by atoms with van der Waals surface area (Å²) in [7, 11) is -1.65. The molecule has 5 heteroatoms. The summed E-state index contributed by atoms with van der Waals surface area (Å²) in [5.74, 6) is -0.301. The second-order valence-electron chi connectivity index (χ2n) is 4.45. The van der Waals surface area contributed by atoms with E-state index in [2.05, 4.69) is 5.32 Å². The van der Waals surface area contributed by atoms with Crippen molar-refractivity contribution in [2.75, 3.05) is 6.54 Å². The van der Waals surface area contributed by atoms with Crippen LogP contribution in [0.5, 0.6) is 0 Å². The Hall–Kier alpha value is -2.11. The van der Waals surface area contributed by atoms with Crippen LogP contribution in [0.4, 0.5) is 0 Å². The van der Waals surface area contributed by atoms with Gasteiger partial charge >= 0.3 is 7.12 Å². The van der Waals surface area contributed by atoms with Crippen LogP contribution in [-0.4, -0.2) is 29.6 Å². The molecule has 2 aromatic rings. The number of hydrogen-bond donors (Lipinski definition) is 3. The van der Waals surface area contributed by atoms with Crippen LogP contribution in [0.25, 0.3) is 0 Å². The molecule has 0 atom stereocenters. The van der Waals surface area contributed by atoms with E-state index in [1.165, 1.54) is 6.07 Å². The number of hydrogen-bond acceptors (Lipinski definition) is 3. The van der Waals surface area contributed by atoms with Crippen LogP contribution in [0, 0.1) is 0 Å². The van der Waals surface area contributed by atoms with Gasteiger partial charge in [0.2, 0.25) is 0 Å². The van der Waals surface area contributed by atoms with E-state index in [0.717, 1.165) is 12.0 Å². The van der Waals surface area contributed by atoms with Gasteiger partial charge in [-0.1, -0.05) is 48.5 Å². The van der Waals surface area contributed by atoms with Crippen molar-refractivity contribution in [3.8, 4) is 0 Å². The first-order chi connectivity index (χ1) is 9.68. The number of amides is 1. The van der Waals surface area contributed by atoms with Crippen LogP contribution in [0.2, 0.25) is 0 Å². The fourth-order valence-corrected chi connectivity index (χ4v) is 1.99. The Morgan fingerprint density at radius 1 is 1.00 bits per heavy atom. The zero-order valence-corrected chi connectivity index (χ0v) is 11.0. The third kappa shape index (κ3) is 3.69. The smallest absolute Gasteiger partial charge is 0.423 e. The molecule has 0 aliphatic carbocycles. The van der Waals surface area contributed by atoms with Gasteiger partial charge in [0.25, 0.3) is 5.91 Å². The monoisotopic (exact) mass is 269 g/mol. The summed E-state index contributed by atoms with van der Waals surface area (Å²) >= 11 is 0. The molecule has 20 heavy (non-hydrogen) atoms. The lowest BCUT2D eigenvalue weighted by Crippen LogP contribution is -2.38. The molecule has 0 heterocycles. The largest absolute Gasteiger partial charge is 0.489 e.